The molecule has 2 heteroatoms. The minimum Gasteiger partial charge on any atom is -0.369 e. The molecule has 1 aromatic carbocycles. The molecule has 1 aliphatic rings. The van der Waals surface area contributed by atoms with Crippen molar-refractivity contribution < 1.29 is 0 Å². The molecule has 0 spiro atoms. The van der Waals surface area contributed by atoms with Gasteiger partial charge in [-0.05, 0) is 62.8 Å². The summed E-state index contributed by atoms with van der Waals surface area (Å²) in [6, 6.07) is 7.85. The van der Waals surface area contributed by atoms with E-state index in [9.17, 15) is 0 Å². The molecule has 100 valence electrons. The fourth-order valence-corrected chi connectivity index (χ4v) is 2.83. The summed E-state index contributed by atoms with van der Waals surface area (Å²) in [7, 11) is 0. The summed E-state index contributed by atoms with van der Waals surface area (Å²) in [4.78, 5) is 2.52. The van der Waals surface area contributed by atoms with Crippen LogP contribution in [0.3, 0.4) is 0 Å². The molecular weight excluding hydrogens is 220 g/mol. The van der Waals surface area contributed by atoms with Crippen LogP contribution in [0.5, 0.6) is 0 Å². The molecule has 0 radical (unpaired) electrons. The number of hydrogen-bond donors (Lipinski definition) is 1. The van der Waals surface area contributed by atoms with Gasteiger partial charge in [-0.2, -0.15) is 0 Å². The number of rotatable bonds is 4. The highest BCUT2D eigenvalue weighted by atomic mass is 15.2. The minimum atomic E-state index is 0.292. The van der Waals surface area contributed by atoms with Crippen LogP contribution in [0.1, 0.15) is 44.2 Å². The molecule has 18 heavy (non-hydrogen) atoms. The Labute approximate surface area is 111 Å². The molecule has 0 aliphatic carbocycles. The van der Waals surface area contributed by atoms with Crippen molar-refractivity contribution in [3.8, 4) is 0 Å². The van der Waals surface area contributed by atoms with Crippen LogP contribution in [0.15, 0.2) is 18.2 Å². The lowest BCUT2D eigenvalue weighted by atomic mass is 9.99. The predicted molar refractivity (Wildman–Crippen MR) is 79.2 cm³/mol. The zero-order chi connectivity index (χ0) is 13.1. The van der Waals surface area contributed by atoms with Crippen LogP contribution in [0.2, 0.25) is 0 Å². The van der Waals surface area contributed by atoms with Crippen molar-refractivity contribution in [3.63, 3.8) is 0 Å². The van der Waals surface area contributed by atoms with Gasteiger partial charge in [0.15, 0.2) is 0 Å². The van der Waals surface area contributed by atoms with Crippen molar-refractivity contribution >= 4 is 5.69 Å². The molecule has 2 rings (SSSR count). The van der Waals surface area contributed by atoms with E-state index in [0.29, 0.717) is 12.1 Å². The Balaban J connectivity index is 2.14. The topological polar surface area (TPSA) is 29.3 Å². The van der Waals surface area contributed by atoms with E-state index in [1.807, 2.05) is 0 Å². The zero-order valence-corrected chi connectivity index (χ0v) is 11.9. The first-order valence-corrected chi connectivity index (χ1v) is 7.23. The summed E-state index contributed by atoms with van der Waals surface area (Å²) in [6.07, 6.45) is 4.69. The second-order valence-corrected chi connectivity index (χ2v) is 5.67. The van der Waals surface area contributed by atoms with Crippen molar-refractivity contribution in [1.29, 1.82) is 0 Å². The summed E-state index contributed by atoms with van der Waals surface area (Å²) >= 11 is 0. The van der Waals surface area contributed by atoms with E-state index >= 15 is 0 Å². The molecule has 2 atom stereocenters. The third-order valence-corrected chi connectivity index (χ3v) is 4.22. The number of benzene rings is 1. The van der Waals surface area contributed by atoms with Crippen molar-refractivity contribution in [2.45, 2.75) is 58.5 Å². The normalized spacial score (nSPS) is 21.3. The molecule has 1 fully saturated rings. The molecule has 0 saturated carbocycles. The van der Waals surface area contributed by atoms with E-state index in [4.69, 9.17) is 5.73 Å². The SMILES string of the molecule is CCC(N)Cc1ccc(N2CCCC2C)cc1C. The maximum absolute atomic E-state index is 6.05. The fourth-order valence-electron chi connectivity index (χ4n) is 2.83. The fraction of sp³-hybridized carbons (Fsp3) is 0.625. The zero-order valence-electron chi connectivity index (χ0n) is 11.9. The Morgan fingerprint density at radius 2 is 2.22 bits per heavy atom. The van der Waals surface area contributed by atoms with Crippen LogP contribution < -0.4 is 10.6 Å². The standard InChI is InChI=1S/C16H26N2/c1-4-15(17)11-14-7-8-16(10-12(14)2)18-9-5-6-13(18)3/h7-8,10,13,15H,4-6,9,11,17H2,1-3H3. The van der Waals surface area contributed by atoms with Crippen molar-refractivity contribution in [3.05, 3.63) is 29.3 Å². The number of nitrogens with zero attached hydrogens (tertiary/aromatic N) is 1. The van der Waals surface area contributed by atoms with E-state index in [0.717, 1.165) is 12.8 Å². The van der Waals surface area contributed by atoms with Crippen molar-refractivity contribution in [1.82, 2.24) is 0 Å². The maximum Gasteiger partial charge on any atom is 0.0371 e. The van der Waals surface area contributed by atoms with Crippen LogP contribution in [-0.2, 0) is 6.42 Å². The molecule has 1 aromatic rings. The van der Waals surface area contributed by atoms with Crippen LogP contribution in [-0.4, -0.2) is 18.6 Å². The largest absolute Gasteiger partial charge is 0.369 e. The molecule has 1 aliphatic heterocycles. The molecule has 1 heterocycles. The Hall–Kier alpha value is -1.02. The van der Waals surface area contributed by atoms with E-state index < -0.39 is 0 Å². The predicted octanol–water partition coefficient (Wildman–Crippen LogP) is 3.26. The summed E-state index contributed by atoms with van der Waals surface area (Å²) in [6.45, 7) is 7.89. The van der Waals surface area contributed by atoms with Crippen LogP contribution in [0, 0.1) is 6.92 Å². The molecule has 1 saturated heterocycles. The van der Waals surface area contributed by atoms with Gasteiger partial charge in [0.1, 0.15) is 0 Å². The van der Waals surface area contributed by atoms with Gasteiger partial charge in [0, 0.05) is 24.3 Å². The van der Waals surface area contributed by atoms with Gasteiger partial charge in [-0.25, -0.2) is 0 Å². The van der Waals surface area contributed by atoms with Gasteiger partial charge in [0.05, 0.1) is 0 Å². The Kier molecular flexibility index (Phi) is 4.28. The van der Waals surface area contributed by atoms with E-state index in [-0.39, 0.29) is 0 Å². The number of hydrogen-bond acceptors (Lipinski definition) is 2. The molecule has 0 amide bonds. The van der Waals surface area contributed by atoms with Crippen LogP contribution in [0.25, 0.3) is 0 Å². The Morgan fingerprint density at radius 3 is 2.78 bits per heavy atom. The highest BCUT2D eigenvalue weighted by Crippen LogP contribution is 2.27. The monoisotopic (exact) mass is 246 g/mol. The summed E-state index contributed by atoms with van der Waals surface area (Å²) in [5.74, 6) is 0. The van der Waals surface area contributed by atoms with E-state index in [1.165, 1.54) is 36.2 Å². The third-order valence-electron chi connectivity index (χ3n) is 4.22. The van der Waals surface area contributed by atoms with Gasteiger partial charge in [-0.3, -0.25) is 0 Å². The smallest absolute Gasteiger partial charge is 0.0371 e. The first-order valence-electron chi connectivity index (χ1n) is 7.23. The summed E-state index contributed by atoms with van der Waals surface area (Å²) in [5.41, 5.74) is 10.2. The molecule has 0 bridgehead atoms. The van der Waals surface area contributed by atoms with E-state index in [2.05, 4.69) is 43.9 Å². The average Bonchev–Trinajstić information content (AvgIpc) is 2.78. The summed E-state index contributed by atoms with van der Waals surface area (Å²) in [5, 5.41) is 0. The lowest BCUT2D eigenvalue weighted by Crippen LogP contribution is -2.26. The van der Waals surface area contributed by atoms with E-state index in [1.54, 1.807) is 0 Å². The maximum atomic E-state index is 6.05. The molecule has 0 aromatic heterocycles. The minimum absolute atomic E-state index is 0.292. The first kappa shape index (κ1) is 13.4. The number of aryl methyl sites for hydroxylation is 1. The summed E-state index contributed by atoms with van der Waals surface area (Å²) < 4.78 is 0. The van der Waals surface area contributed by atoms with Gasteiger partial charge in [-0.1, -0.05) is 13.0 Å². The quantitative estimate of drug-likeness (QED) is 0.883. The van der Waals surface area contributed by atoms with Gasteiger partial charge in [-0.15, -0.1) is 0 Å². The Bertz CT molecular complexity index is 400. The van der Waals surface area contributed by atoms with Gasteiger partial charge < -0.3 is 10.6 Å². The second-order valence-electron chi connectivity index (χ2n) is 5.67. The lowest BCUT2D eigenvalue weighted by Gasteiger charge is -2.25. The van der Waals surface area contributed by atoms with Crippen molar-refractivity contribution in [2.75, 3.05) is 11.4 Å². The van der Waals surface area contributed by atoms with Crippen LogP contribution >= 0.6 is 0 Å². The third kappa shape index (κ3) is 2.86. The Morgan fingerprint density at radius 1 is 1.44 bits per heavy atom. The van der Waals surface area contributed by atoms with Crippen molar-refractivity contribution in [2.24, 2.45) is 5.73 Å². The first-order chi connectivity index (χ1) is 8.61. The van der Waals surface area contributed by atoms with Gasteiger partial charge >= 0.3 is 0 Å². The molecule has 2 N–H and O–H groups in total. The van der Waals surface area contributed by atoms with Gasteiger partial charge in [0.2, 0.25) is 0 Å². The molecule has 2 unspecified atom stereocenters. The number of nitrogens with two attached hydrogens (primary N) is 1. The average molecular weight is 246 g/mol. The number of anilines is 1. The highest BCUT2D eigenvalue weighted by Gasteiger charge is 2.20. The lowest BCUT2D eigenvalue weighted by molar-refractivity contribution is 0.644. The van der Waals surface area contributed by atoms with Gasteiger partial charge in [0.25, 0.3) is 0 Å². The molecule has 2 nitrogen and oxygen atoms in total. The molecular formula is C16H26N2. The highest BCUT2D eigenvalue weighted by molar-refractivity contribution is 5.52. The van der Waals surface area contributed by atoms with Crippen LogP contribution in [0.4, 0.5) is 5.69 Å². The second kappa shape index (κ2) is 5.75.